The van der Waals surface area contributed by atoms with Crippen LogP contribution in [0.4, 0.5) is 0 Å². The zero-order chi connectivity index (χ0) is 39.1. The van der Waals surface area contributed by atoms with E-state index in [1.165, 1.54) is 0 Å². The summed E-state index contributed by atoms with van der Waals surface area (Å²) in [5, 5.41) is 0. The Labute approximate surface area is 322 Å². The first-order chi connectivity index (χ1) is 25.7. The summed E-state index contributed by atoms with van der Waals surface area (Å²) in [7, 11) is 0. The molecule has 0 unspecified atom stereocenters. The molecule has 8 bridgehead atoms. The summed E-state index contributed by atoms with van der Waals surface area (Å²) in [5.41, 5.74) is 0. The summed E-state index contributed by atoms with van der Waals surface area (Å²) in [6.07, 6.45) is 6.72. The van der Waals surface area contributed by atoms with Gasteiger partial charge in [0.15, 0.2) is 0 Å². The van der Waals surface area contributed by atoms with Crippen molar-refractivity contribution in [2.75, 3.05) is 0 Å². The third-order valence-electron chi connectivity index (χ3n) is 12.6. The summed E-state index contributed by atoms with van der Waals surface area (Å²) in [5.74, 6) is -2.88. The van der Waals surface area contributed by atoms with E-state index in [2.05, 4.69) is 0 Å². The van der Waals surface area contributed by atoms with E-state index in [1.807, 2.05) is 55.4 Å². The van der Waals surface area contributed by atoms with Crippen molar-refractivity contribution in [2.45, 2.75) is 219 Å². The molecule has 5 rings (SSSR count). The SMILES string of the molecule is CC[C@H]1C[C@@H]2CC[C@@H](O2)[C@@H](C)C(=O)O[C@H](C)C[C@H]2CC[C@H](O2)[C@H](C)C(=O)O[C@@H](C)C[C@@H]2CC[C@@H](O2)[C@@H](C)C(=O)O[C@H](CC)C[C@H]2CC[C@H](O2)[C@H](C)C(=O)O1. The molecule has 0 aromatic heterocycles. The molecule has 5 saturated heterocycles. The Hall–Kier alpha value is -2.28. The van der Waals surface area contributed by atoms with Crippen LogP contribution in [0.5, 0.6) is 0 Å². The largest absolute Gasteiger partial charge is 0.462 e. The molecule has 0 aromatic carbocycles. The van der Waals surface area contributed by atoms with E-state index < -0.39 is 23.7 Å². The van der Waals surface area contributed by atoms with Crippen LogP contribution in [0.25, 0.3) is 0 Å². The molecule has 5 aliphatic heterocycles. The van der Waals surface area contributed by atoms with Crippen LogP contribution in [0, 0.1) is 23.7 Å². The van der Waals surface area contributed by atoms with Crippen molar-refractivity contribution in [1.29, 1.82) is 0 Å². The molecule has 0 N–H and O–H groups in total. The minimum atomic E-state index is -0.435. The van der Waals surface area contributed by atoms with Crippen LogP contribution in [0.3, 0.4) is 0 Å². The third kappa shape index (κ3) is 11.4. The van der Waals surface area contributed by atoms with Gasteiger partial charge in [0.05, 0.1) is 72.5 Å². The van der Waals surface area contributed by atoms with Gasteiger partial charge in [-0.3, -0.25) is 19.2 Å². The second-order valence-electron chi connectivity index (χ2n) is 17.0. The van der Waals surface area contributed by atoms with E-state index >= 15 is 0 Å². The molecule has 0 aliphatic carbocycles. The standard InChI is InChI=1S/C42H68O12/c1-9-29-21-33-13-17-36(51-33)26(6)40(44)48-23(3)19-31-11-15-35(49-31)25(5)39(43)47-24(4)20-32-12-16-37(50-32)27(7)41(45)53-30(10-2)22-34-14-18-38(52-34)28(8)42(46)54-29/h23-38H,9-22H2,1-8H3/t23-,24+,25+,26-,27-,28+,29+,30-,31-,32+,33+,34-,35+,36-,37-,38+/m1/s1. The molecule has 0 saturated carbocycles. The van der Waals surface area contributed by atoms with Gasteiger partial charge in [0.2, 0.25) is 0 Å². The van der Waals surface area contributed by atoms with Crippen molar-refractivity contribution < 1.29 is 57.1 Å². The molecule has 5 fully saturated rings. The fraction of sp³-hybridized carbons (Fsp3) is 0.905. The van der Waals surface area contributed by atoms with E-state index in [0.717, 1.165) is 51.4 Å². The van der Waals surface area contributed by atoms with Crippen LogP contribution in [0.2, 0.25) is 0 Å². The lowest BCUT2D eigenvalue weighted by Crippen LogP contribution is -2.34. The quantitative estimate of drug-likeness (QED) is 0.216. The number of rotatable bonds is 2. The smallest absolute Gasteiger partial charge is 0.311 e. The second kappa shape index (κ2) is 19.7. The number of carbonyl (C=O) groups is 4. The van der Waals surface area contributed by atoms with Crippen molar-refractivity contribution in [3.05, 3.63) is 0 Å². The zero-order valence-corrected chi connectivity index (χ0v) is 34.0. The van der Waals surface area contributed by atoms with E-state index in [1.54, 1.807) is 0 Å². The van der Waals surface area contributed by atoms with Crippen molar-refractivity contribution >= 4 is 23.9 Å². The van der Waals surface area contributed by atoms with Crippen molar-refractivity contribution in [1.82, 2.24) is 0 Å². The normalized spacial score (nSPS) is 44.0. The van der Waals surface area contributed by atoms with Gasteiger partial charge in [-0.05, 0) is 106 Å². The number of fused-ring (bicyclic) bond motifs is 8. The van der Waals surface area contributed by atoms with Gasteiger partial charge < -0.3 is 37.9 Å². The van der Waals surface area contributed by atoms with Gasteiger partial charge in [-0.15, -0.1) is 0 Å². The Morgan fingerprint density at radius 3 is 0.926 bits per heavy atom. The Balaban J connectivity index is 1.22. The highest BCUT2D eigenvalue weighted by Crippen LogP contribution is 2.35. The first-order valence-corrected chi connectivity index (χ1v) is 21.2. The lowest BCUT2D eigenvalue weighted by Gasteiger charge is -2.26. The van der Waals surface area contributed by atoms with Crippen molar-refractivity contribution in [2.24, 2.45) is 23.7 Å². The lowest BCUT2D eigenvalue weighted by molar-refractivity contribution is -0.162. The van der Waals surface area contributed by atoms with Crippen LogP contribution >= 0.6 is 0 Å². The average molecular weight is 765 g/mol. The van der Waals surface area contributed by atoms with E-state index in [-0.39, 0.29) is 97.1 Å². The van der Waals surface area contributed by atoms with Crippen LogP contribution < -0.4 is 0 Å². The van der Waals surface area contributed by atoms with Gasteiger partial charge in [-0.25, -0.2) is 0 Å². The molecular formula is C42H68O12. The third-order valence-corrected chi connectivity index (χ3v) is 12.6. The van der Waals surface area contributed by atoms with Gasteiger partial charge in [-0.1, -0.05) is 13.8 Å². The van der Waals surface area contributed by atoms with Crippen LogP contribution in [-0.2, 0) is 57.1 Å². The number of hydrogen-bond acceptors (Lipinski definition) is 12. The van der Waals surface area contributed by atoms with Gasteiger partial charge in [0, 0.05) is 25.7 Å². The van der Waals surface area contributed by atoms with E-state index in [9.17, 15) is 19.2 Å². The molecule has 308 valence electrons. The topological polar surface area (TPSA) is 142 Å². The minimum Gasteiger partial charge on any atom is -0.462 e. The number of ether oxygens (including phenoxy) is 8. The Bertz CT molecular complexity index is 1260. The summed E-state index contributed by atoms with van der Waals surface area (Å²) in [4.78, 5) is 53.0. The molecule has 0 aromatic rings. The predicted octanol–water partition coefficient (Wildman–Crippen LogP) is 6.80. The van der Waals surface area contributed by atoms with Crippen molar-refractivity contribution in [3.63, 3.8) is 0 Å². The van der Waals surface area contributed by atoms with E-state index in [0.29, 0.717) is 38.5 Å². The number of esters is 4. The van der Waals surface area contributed by atoms with E-state index in [4.69, 9.17) is 37.9 Å². The Kier molecular flexibility index (Phi) is 15.7. The molecule has 0 spiro atoms. The average Bonchev–Trinajstić information content (AvgIpc) is 3.98. The minimum absolute atomic E-state index is 0.115. The summed E-state index contributed by atoms with van der Waals surface area (Å²) < 4.78 is 49.0. The maximum atomic E-state index is 13.3. The number of cyclic esters (lactones) is 4. The summed E-state index contributed by atoms with van der Waals surface area (Å²) in [6.45, 7) is 15.2. The molecule has 0 radical (unpaired) electrons. The molecule has 0 amide bonds. The molecule has 16 atom stereocenters. The van der Waals surface area contributed by atoms with Gasteiger partial charge in [-0.2, -0.15) is 0 Å². The molecule has 5 aliphatic rings. The second-order valence-corrected chi connectivity index (χ2v) is 17.0. The lowest BCUT2D eigenvalue weighted by atomic mass is 9.99. The highest BCUT2D eigenvalue weighted by molar-refractivity contribution is 5.74. The highest BCUT2D eigenvalue weighted by atomic mass is 16.6. The van der Waals surface area contributed by atoms with Crippen LogP contribution in [0.1, 0.15) is 145 Å². The molecule has 12 nitrogen and oxygen atoms in total. The molecule has 5 heterocycles. The first-order valence-electron chi connectivity index (χ1n) is 21.2. The zero-order valence-electron chi connectivity index (χ0n) is 34.0. The first kappa shape index (κ1) is 42.9. The summed E-state index contributed by atoms with van der Waals surface area (Å²) in [6, 6.07) is 0. The maximum Gasteiger partial charge on any atom is 0.311 e. The monoisotopic (exact) mass is 764 g/mol. The predicted molar refractivity (Wildman–Crippen MR) is 198 cm³/mol. The number of hydrogen-bond donors (Lipinski definition) is 0. The van der Waals surface area contributed by atoms with Gasteiger partial charge in [0.25, 0.3) is 0 Å². The van der Waals surface area contributed by atoms with Gasteiger partial charge >= 0.3 is 23.9 Å². The molecule has 54 heavy (non-hydrogen) atoms. The Morgan fingerprint density at radius 2 is 0.648 bits per heavy atom. The summed E-state index contributed by atoms with van der Waals surface area (Å²) >= 11 is 0. The van der Waals surface area contributed by atoms with Crippen LogP contribution in [0.15, 0.2) is 0 Å². The molecular weight excluding hydrogens is 696 g/mol. The van der Waals surface area contributed by atoms with Crippen LogP contribution in [-0.4, -0.2) is 97.1 Å². The molecule has 12 heteroatoms. The fourth-order valence-electron chi connectivity index (χ4n) is 8.88. The maximum absolute atomic E-state index is 13.3. The Morgan fingerprint density at radius 1 is 0.389 bits per heavy atom. The highest BCUT2D eigenvalue weighted by Gasteiger charge is 2.41. The van der Waals surface area contributed by atoms with Crippen molar-refractivity contribution in [3.8, 4) is 0 Å². The van der Waals surface area contributed by atoms with Gasteiger partial charge in [0.1, 0.15) is 24.4 Å². The fourth-order valence-corrected chi connectivity index (χ4v) is 8.88. The number of carbonyl (C=O) groups excluding carboxylic acids is 4.